The van der Waals surface area contributed by atoms with Crippen molar-refractivity contribution >= 4 is 11.8 Å². The molecule has 1 aliphatic rings. The lowest BCUT2D eigenvalue weighted by molar-refractivity contribution is -0.137. The van der Waals surface area contributed by atoms with Crippen LogP contribution >= 0.6 is 0 Å². The molecule has 5 nitrogen and oxygen atoms in total. The molecule has 1 aliphatic heterocycles. The number of hydrogen-bond acceptors (Lipinski definition) is 3. The van der Waals surface area contributed by atoms with Crippen molar-refractivity contribution in [3.8, 4) is 0 Å². The van der Waals surface area contributed by atoms with Gasteiger partial charge in [-0.2, -0.15) is 0 Å². The summed E-state index contributed by atoms with van der Waals surface area (Å²) in [7, 11) is 1.85. The molecule has 1 fully saturated rings. The monoisotopic (exact) mass is 213 g/mol. The number of carbonyl (C=O) groups is 2. The molecule has 0 aliphatic carbocycles. The Bertz CT molecular complexity index is 243. The minimum Gasteiger partial charge on any atom is -0.368 e. The van der Waals surface area contributed by atoms with Crippen LogP contribution in [0.5, 0.6) is 0 Å². The maximum atomic E-state index is 11.7. The summed E-state index contributed by atoms with van der Waals surface area (Å²) in [6.45, 7) is 1.49. The fourth-order valence-corrected chi connectivity index (χ4v) is 1.92. The number of nitrogens with two attached hydrogens (primary N) is 1. The molecule has 0 aromatic heterocycles. The molecule has 5 heteroatoms. The fraction of sp³-hybridized carbons (Fsp3) is 0.800. The van der Waals surface area contributed by atoms with Crippen LogP contribution in [0.25, 0.3) is 0 Å². The number of nitrogens with one attached hydrogen (secondary N) is 1. The zero-order valence-electron chi connectivity index (χ0n) is 9.16. The number of primary amides is 1. The molecule has 1 heterocycles. The zero-order chi connectivity index (χ0) is 11.3. The van der Waals surface area contributed by atoms with E-state index in [0.717, 1.165) is 19.4 Å². The Morgan fingerprint density at radius 3 is 2.87 bits per heavy atom. The lowest BCUT2D eigenvalue weighted by atomic mass is 10.2. The fourth-order valence-electron chi connectivity index (χ4n) is 1.92. The molecule has 3 N–H and O–H groups in total. The average molecular weight is 213 g/mol. The van der Waals surface area contributed by atoms with Gasteiger partial charge in [-0.15, -0.1) is 0 Å². The van der Waals surface area contributed by atoms with Gasteiger partial charge in [0.25, 0.3) is 0 Å². The molecule has 1 rings (SSSR count). The van der Waals surface area contributed by atoms with Crippen molar-refractivity contribution in [2.75, 3.05) is 20.1 Å². The van der Waals surface area contributed by atoms with Crippen LogP contribution in [-0.2, 0) is 9.59 Å². The molecule has 1 unspecified atom stereocenters. The summed E-state index contributed by atoms with van der Waals surface area (Å²) in [4.78, 5) is 24.4. The third-order valence-corrected chi connectivity index (χ3v) is 2.72. The van der Waals surface area contributed by atoms with Gasteiger partial charge in [-0.05, 0) is 32.9 Å². The van der Waals surface area contributed by atoms with Gasteiger partial charge in [0.05, 0.1) is 0 Å². The lowest BCUT2D eigenvalue weighted by Crippen LogP contribution is -2.43. The second-order valence-electron chi connectivity index (χ2n) is 3.85. The number of amides is 2. The minimum atomic E-state index is -0.380. The van der Waals surface area contributed by atoms with E-state index in [1.807, 2.05) is 7.05 Å². The van der Waals surface area contributed by atoms with Gasteiger partial charge in [0.2, 0.25) is 11.8 Å². The van der Waals surface area contributed by atoms with E-state index >= 15 is 0 Å². The quantitative estimate of drug-likeness (QED) is 0.602. The van der Waals surface area contributed by atoms with Gasteiger partial charge in [-0.25, -0.2) is 0 Å². The van der Waals surface area contributed by atoms with Crippen LogP contribution in [0.2, 0.25) is 0 Å². The van der Waals surface area contributed by atoms with E-state index in [-0.39, 0.29) is 17.9 Å². The predicted octanol–water partition coefficient (Wildman–Crippen LogP) is -0.538. The summed E-state index contributed by atoms with van der Waals surface area (Å²) < 4.78 is 0. The van der Waals surface area contributed by atoms with Crippen LogP contribution in [0.3, 0.4) is 0 Å². The highest BCUT2D eigenvalue weighted by Gasteiger charge is 2.31. The zero-order valence-corrected chi connectivity index (χ0v) is 9.16. The molecule has 0 spiro atoms. The largest absolute Gasteiger partial charge is 0.368 e. The van der Waals surface area contributed by atoms with Gasteiger partial charge in [0.15, 0.2) is 0 Å². The number of rotatable bonds is 5. The van der Waals surface area contributed by atoms with Crippen molar-refractivity contribution in [3.05, 3.63) is 0 Å². The number of carbonyl (C=O) groups excluding carboxylic acids is 2. The van der Waals surface area contributed by atoms with Crippen molar-refractivity contribution in [2.24, 2.45) is 5.73 Å². The summed E-state index contributed by atoms with van der Waals surface area (Å²) in [6, 6.07) is -0.368. The summed E-state index contributed by atoms with van der Waals surface area (Å²) in [5.41, 5.74) is 5.24. The van der Waals surface area contributed by atoms with Gasteiger partial charge in [0, 0.05) is 13.0 Å². The van der Waals surface area contributed by atoms with Crippen LogP contribution in [0.15, 0.2) is 0 Å². The predicted molar refractivity (Wildman–Crippen MR) is 57.1 cm³/mol. The van der Waals surface area contributed by atoms with Crippen molar-refractivity contribution in [1.29, 1.82) is 0 Å². The SMILES string of the molecule is CNCCCC(=O)N1CCCC1C(N)=O. The number of likely N-dealkylation sites (tertiary alicyclic amines) is 1. The van der Waals surface area contributed by atoms with Gasteiger partial charge < -0.3 is 16.0 Å². The molecular weight excluding hydrogens is 194 g/mol. The van der Waals surface area contributed by atoms with Crippen LogP contribution in [0.4, 0.5) is 0 Å². The Labute approximate surface area is 90.0 Å². The van der Waals surface area contributed by atoms with Gasteiger partial charge in [-0.3, -0.25) is 9.59 Å². The van der Waals surface area contributed by atoms with Gasteiger partial charge in [-0.1, -0.05) is 0 Å². The second-order valence-corrected chi connectivity index (χ2v) is 3.85. The van der Waals surface area contributed by atoms with Gasteiger partial charge >= 0.3 is 0 Å². The van der Waals surface area contributed by atoms with Crippen LogP contribution in [0.1, 0.15) is 25.7 Å². The van der Waals surface area contributed by atoms with E-state index in [0.29, 0.717) is 19.4 Å². The molecular formula is C10H19N3O2. The summed E-state index contributed by atoms with van der Waals surface area (Å²) in [5.74, 6) is -0.332. The molecule has 0 aromatic rings. The third-order valence-electron chi connectivity index (χ3n) is 2.72. The molecule has 0 bridgehead atoms. The molecule has 86 valence electrons. The van der Waals surface area contributed by atoms with E-state index in [9.17, 15) is 9.59 Å². The molecule has 15 heavy (non-hydrogen) atoms. The Balaban J connectivity index is 2.40. The first-order chi connectivity index (χ1) is 7.16. The average Bonchev–Trinajstić information content (AvgIpc) is 2.66. The van der Waals surface area contributed by atoms with E-state index in [1.54, 1.807) is 4.90 Å². The summed E-state index contributed by atoms with van der Waals surface area (Å²) >= 11 is 0. The topological polar surface area (TPSA) is 75.4 Å². The van der Waals surface area contributed by atoms with Crippen molar-refractivity contribution < 1.29 is 9.59 Å². The highest BCUT2D eigenvalue weighted by Crippen LogP contribution is 2.18. The Morgan fingerprint density at radius 2 is 2.27 bits per heavy atom. The maximum absolute atomic E-state index is 11.7. The van der Waals surface area contributed by atoms with E-state index in [1.165, 1.54) is 0 Å². The molecule has 0 radical (unpaired) electrons. The standard InChI is InChI=1S/C10H19N3O2/c1-12-6-2-5-9(14)13-7-3-4-8(13)10(11)15/h8,12H,2-7H2,1H3,(H2,11,15). The highest BCUT2D eigenvalue weighted by molar-refractivity contribution is 5.87. The van der Waals surface area contributed by atoms with E-state index in [4.69, 9.17) is 5.73 Å². The molecule has 2 amide bonds. The smallest absolute Gasteiger partial charge is 0.240 e. The molecule has 1 atom stereocenters. The van der Waals surface area contributed by atoms with E-state index in [2.05, 4.69) is 5.32 Å². The second kappa shape index (κ2) is 5.70. The molecule has 0 aromatic carbocycles. The normalized spacial score (nSPS) is 20.6. The number of hydrogen-bond donors (Lipinski definition) is 2. The van der Waals surface area contributed by atoms with Crippen molar-refractivity contribution in [1.82, 2.24) is 10.2 Å². The van der Waals surface area contributed by atoms with Crippen molar-refractivity contribution in [2.45, 2.75) is 31.7 Å². The first kappa shape index (κ1) is 12.0. The van der Waals surface area contributed by atoms with Gasteiger partial charge in [0.1, 0.15) is 6.04 Å². The van der Waals surface area contributed by atoms with Crippen molar-refractivity contribution in [3.63, 3.8) is 0 Å². The molecule has 0 saturated carbocycles. The lowest BCUT2D eigenvalue weighted by Gasteiger charge is -2.22. The first-order valence-electron chi connectivity index (χ1n) is 5.40. The number of nitrogens with zero attached hydrogens (tertiary/aromatic N) is 1. The summed E-state index contributed by atoms with van der Waals surface area (Å²) in [6.07, 6.45) is 2.89. The Morgan fingerprint density at radius 1 is 1.53 bits per heavy atom. The summed E-state index contributed by atoms with van der Waals surface area (Å²) in [5, 5.41) is 2.99. The third kappa shape index (κ3) is 3.20. The Hall–Kier alpha value is -1.10. The Kier molecular flexibility index (Phi) is 4.55. The van der Waals surface area contributed by atoms with Crippen LogP contribution in [-0.4, -0.2) is 42.9 Å². The minimum absolute atomic E-state index is 0.0477. The van der Waals surface area contributed by atoms with E-state index < -0.39 is 0 Å². The van der Waals surface area contributed by atoms with Crippen LogP contribution in [0, 0.1) is 0 Å². The molecule has 1 saturated heterocycles. The maximum Gasteiger partial charge on any atom is 0.240 e. The first-order valence-corrected chi connectivity index (χ1v) is 5.40. The highest BCUT2D eigenvalue weighted by atomic mass is 16.2. The van der Waals surface area contributed by atoms with Crippen LogP contribution < -0.4 is 11.1 Å².